The molecule has 0 radical (unpaired) electrons. The third-order valence-corrected chi connectivity index (χ3v) is 5.79. The Morgan fingerprint density at radius 2 is 1.67 bits per heavy atom. The highest BCUT2D eigenvalue weighted by atomic mass is 16.5. The van der Waals surface area contributed by atoms with Crippen LogP contribution in [0.15, 0.2) is 47.4 Å². The molecule has 0 atom stereocenters. The van der Waals surface area contributed by atoms with Gasteiger partial charge in [0.2, 0.25) is 0 Å². The van der Waals surface area contributed by atoms with Gasteiger partial charge in [0.05, 0.1) is 0 Å². The fourth-order valence-electron chi connectivity index (χ4n) is 3.93. The average molecular weight is 450 g/mol. The molecule has 9 heteroatoms. The molecule has 0 bridgehead atoms. The van der Waals surface area contributed by atoms with Crippen LogP contribution in [0.4, 0.5) is 0 Å². The predicted octanol–water partition coefficient (Wildman–Crippen LogP) is 1.73. The first kappa shape index (κ1) is 22.6. The van der Waals surface area contributed by atoms with E-state index in [-0.39, 0.29) is 11.6 Å². The number of aromatic nitrogens is 3. The molecule has 2 amide bonds. The number of methoxy groups -OCH3 is 1. The van der Waals surface area contributed by atoms with E-state index in [4.69, 9.17) is 4.74 Å². The van der Waals surface area contributed by atoms with Gasteiger partial charge < -0.3 is 14.5 Å². The summed E-state index contributed by atoms with van der Waals surface area (Å²) >= 11 is 0. The lowest BCUT2D eigenvalue weighted by molar-refractivity contribution is 0.0531. The number of rotatable bonds is 6. The van der Waals surface area contributed by atoms with Crippen LogP contribution in [-0.2, 0) is 11.3 Å². The van der Waals surface area contributed by atoms with Crippen molar-refractivity contribution in [3.05, 3.63) is 69.8 Å². The zero-order valence-corrected chi connectivity index (χ0v) is 18.9. The number of ether oxygens (including phenoxy) is 1. The van der Waals surface area contributed by atoms with Crippen LogP contribution in [0.25, 0.3) is 11.2 Å². The van der Waals surface area contributed by atoms with E-state index in [1.165, 1.54) is 4.57 Å². The number of fused-ring (bicyclic) bond motifs is 1. The third kappa shape index (κ3) is 4.78. The summed E-state index contributed by atoms with van der Waals surface area (Å²) in [6.07, 6.45) is 2.21. The molecule has 9 nitrogen and oxygen atoms in total. The van der Waals surface area contributed by atoms with Gasteiger partial charge in [0, 0.05) is 58.2 Å². The second-order valence-corrected chi connectivity index (χ2v) is 8.06. The van der Waals surface area contributed by atoms with Gasteiger partial charge in [0.25, 0.3) is 17.4 Å². The molecule has 0 unspecified atom stereocenters. The molecule has 4 rings (SSSR count). The SMILES string of the molecule is COCCCn1c(=O)c(C(=O)N2CCN(C(=O)c3ccc(C)cc3)CC2)nc2cccnc21. The Morgan fingerprint density at radius 1 is 1.00 bits per heavy atom. The van der Waals surface area contributed by atoms with Crippen molar-refractivity contribution < 1.29 is 14.3 Å². The Balaban J connectivity index is 1.52. The van der Waals surface area contributed by atoms with E-state index in [1.807, 2.05) is 31.2 Å². The number of benzene rings is 1. The van der Waals surface area contributed by atoms with E-state index in [9.17, 15) is 14.4 Å². The number of carbonyl (C=O) groups excluding carboxylic acids is 2. The summed E-state index contributed by atoms with van der Waals surface area (Å²) in [7, 11) is 1.60. The van der Waals surface area contributed by atoms with Crippen LogP contribution in [-0.4, -0.2) is 76.0 Å². The fourth-order valence-corrected chi connectivity index (χ4v) is 3.93. The zero-order valence-electron chi connectivity index (χ0n) is 18.9. The van der Waals surface area contributed by atoms with E-state index in [1.54, 1.807) is 35.2 Å². The highest BCUT2D eigenvalue weighted by Gasteiger charge is 2.28. The number of carbonyl (C=O) groups is 2. The maximum absolute atomic E-state index is 13.2. The Labute approximate surface area is 191 Å². The van der Waals surface area contributed by atoms with Crippen molar-refractivity contribution in [2.45, 2.75) is 19.9 Å². The van der Waals surface area contributed by atoms with Gasteiger partial charge in [-0.15, -0.1) is 0 Å². The number of piperazine rings is 1. The summed E-state index contributed by atoms with van der Waals surface area (Å²) in [6.45, 7) is 4.32. The molecule has 1 aliphatic rings. The molecule has 0 saturated carbocycles. The first-order valence-corrected chi connectivity index (χ1v) is 11.0. The highest BCUT2D eigenvalue weighted by molar-refractivity contribution is 5.95. The third-order valence-electron chi connectivity index (χ3n) is 5.79. The molecule has 3 heterocycles. The van der Waals surface area contributed by atoms with E-state index in [0.717, 1.165) is 5.56 Å². The molecule has 172 valence electrons. The molecule has 3 aromatic rings. The molecule has 0 N–H and O–H groups in total. The molecule has 1 fully saturated rings. The summed E-state index contributed by atoms with van der Waals surface area (Å²) in [5.74, 6) is -0.480. The Kier molecular flexibility index (Phi) is 6.79. The predicted molar refractivity (Wildman–Crippen MR) is 123 cm³/mol. The molecule has 0 spiro atoms. The first-order chi connectivity index (χ1) is 16.0. The van der Waals surface area contributed by atoms with Crippen molar-refractivity contribution in [1.82, 2.24) is 24.3 Å². The Hall–Kier alpha value is -3.59. The number of amides is 2. The minimum atomic E-state index is -0.458. The van der Waals surface area contributed by atoms with Crippen LogP contribution in [0, 0.1) is 6.92 Å². The topological polar surface area (TPSA) is 97.6 Å². The van der Waals surface area contributed by atoms with Crippen LogP contribution in [0.1, 0.15) is 32.8 Å². The van der Waals surface area contributed by atoms with Gasteiger partial charge >= 0.3 is 0 Å². The van der Waals surface area contributed by atoms with Gasteiger partial charge in [-0.25, -0.2) is 9.97 Å². The Morgan fingerprint density at radius 3 is 2.33 bits per heavy atom. The lowest BCUT2D eigenvalue weighted by atomic mass is 10.1. The molecular weight excluding hydrogens is 422 g/mol. The monoisotopic (exact) mass is 449 g/mol. The summed E-state index contributed by atoms with van der Waals surface area (Å²) in [5.41, 5.74) is 2.08. The second kappa shape index (κ2) is 9.91. The smallest absolute Gasteiger partial charge is 0.283 e. The van der Waals surface area contributed by atoms with Crippen LogP contribution in [0.5, 0.6) is 0 Å². The molecule has 1 aromatic carbocycles. The van der Waals surface area contributed by atoms with Gasteiger partial charge in [0.1, 0.15) is 5.52 Å². The fraction of sp³-hybridized carbons (Fsp3) is 0.375. The van der Waals surface area contributed by atoms with Gasteiger partial charge in [-0.1, -0.05) is 17.7 Å². The number of aryl methyl sites for hydroxylation is 2. The van der Waals surface area contributed by atoms with Gasteiger partial charge in [-0.05, 0) is 37.6 Å². The molecule has 0 aliphatic carbocycles. The highest BCUT2D eigenvalue weighted by Crippen LogP contribution is 2.13. The van der Waals surface area contributed by atoms with Crippen molar-refractivity contribution in [3.63, 3.8) is 0 Å². The molecular formula is C24H27N5O4. The van der Waals surface area contributed by atoms with Crippen molar-refractivity contribution in [3.8, 4) is 0 Å². The number of pyridine rings is 1. The van der Waals surface area contributed by atoms with Crippen LogP contribution in [0.2, 0.25) is 0 Å². The Bertz CT molecular complexity index is 1210. The van der Waals surface area contributed by atoms with Crippen molar-refractivity contribution >= 4 is 23.0 Å². The average Bonchev–Trinajstić information content (AvgIpc) is 2.85. The van der Waals surface area contributed by atoms with E-state index < -0.39 is 11.5 Å². The minimum absolute atomic E-state index is 0.0579. The molecule has 2 aromatic heterocycles. The summed E-state index contributed by atoms with van der Waals surface area (Å²) in [6, 6.07) is 10.9. The maximum atomic E-state index is 13.2. The van der Waals surface area contributed by atoms with Gasteiger partial charge in [-0.3, -0.25) is 19.0 Å². The lowest BCUT2D eigenvalue weighted by Crippen LogP contribution is -2.51. The normalized spacial score (nSPS) is 14.0. The lowest BCUT2D eigenvalue weighted by Gasteiger charge is -2.34. The zero-order chi connectivity index (χ0) is 23.4. The minimum Gasteiger partial charge on any atom is -0.385 e. The van der Waals surface area contributed by atoms with Gasteiger partial charge in [0.15, 0.2) is 11.3 Å². The molecule has 1 saturated heterocycles. The number of hydrogen-bond donors (Lipinski definition) is 0. The van der Waals surface area contributed by atoms with Crippen LogP contribution in [0.3, 0.4) is 0 Å². The number of nitrogens with zero attached hydrogens (tertiary/aromatic N) is 5. The van der Waals surface area contributed by atoms with Crippen molar-refractivity contribution in [2.24, 2.45) is 0 Å². The van der Waals surface area contributed by atoms with E-state index >= 15 is 0 Å². The summed E-state index contributed by atoms with van der Waals surface area (Å²) < 4.78 is 6.59. The van der Waals surface area contributed by atoms with Crippen LogP contribution >= 0.6 is 0 Å². The first-order valence-electron chi connectivity index (χ1n) is 11.0. The summed E-state index contributed by atoms with van der Waals surface area (Å²) in [4.78, 5) is 51.1. The molecule has 1 aliphatic heterocycles. The quantitative estimate of drug-likeness (QED) is 0.532. The summed E-state index contributed by atoms with van der Waals surface area (Å²) in [5, 5.41) is 0. The van der Waals surface area contributed by atoms with E-state index in [0.29, 0.717) is 62.5 Å². The van der Waals surface area contributed by atoms with E-state index in [2.05, 4.69) is 9.97 Å². The molecule has 33 heavy (non-hydrogen) atoms. The van der Waals surface area contributed by atoms with Crippen molar-refractivity contribution in [1.29, 1.82) is 0 Å². The van der Waals surface area contributed by atoms with Crippen molar-refractivity contribution in [2.75, 3.05) is 39.9 Å². The van der Waals surface area contributed by atoms with Gasteiger partial charge in [-0.2, -0.15) is 0 Å². The standard InChI is InChI=1S/C24H27N5O4/c1-17-6-8-18(9-7-17)22(30)27-12-14-28(15-13-27)23(31)20-24(32)29(11-4-16-33-2)21-19(26-20)5-3-10-25-21/h3,5-10H,4,11-16H2,1-2H3. The second-order valence-electron chi connectivity index (χ2n) is 8.06. The maximum Gasteiger partial charge on any atom is 0.283 e. The number of hydrogen-bond acceptors (Lipinski definition) is 6. The largest absolute Gasteiger partial charge is 0.385 e. The van der Waals surface area contributed by atoms with Crippen LogP contribution < -0.4 is 5.56 Å².